The highest BCUT2D eigenvalue weighted by Crippen LogP contribution is 2.21. The molecule has 0 spiro atoms. The Hall–Kier alpha value is -2.29. The molecule has 2 aromatic rings. The molecule has 0 aromatic heterocycles. The van der Waals surface area contributed by atoms with Crippen molar-refractivity contribution >= 4 is 11.6 Å². The first kappa shape index (κ1) is 14.1. The largest absolute Gasteiger partial charge is 0.381 e. The second-order valence-corrected chi connectivity index (χ2v) is 4.88. The van der Waals surface area contributed by atoms with E-state index in [-0.39, 0.29) is 0 Å². The first-order valence-corrected chi connectivity index (χ1v) is 6.83. The zero-order valence-electron chi connectivity index (χ0n) is 11.9. The van der Waals surface area contributed by atoms with Gasteiger partial charge in [-0.15, -0.1) is 0 Å². The van der Waals surface area contributed by atoms with Crippen LogP contribution in [-0.4, -0.2) is 5.91 Å². The predicted molar refractivity (Wildman–Crippen MR) is 82.8 cm³/mol. The lowest BCUT2D eigenvalue weighted by molar-refractivity contribution is 0.1000. The molecule has 1 amide bonds. The van der Waals surface area contributed by atoms with Crippen LogP contribution in [0.1, 0.15) is 34.0 Å². The Morgan fingerprint density at radius 2 is 1.95 bits per heavy atom. The Labute approximate surface area is 119 Å². The van der Waals surface area contributed by atoms with Crippen molar-refractivity contribution in [1.29, 1.82) is 0 Å². The Kier molecular flexibility index (Phi) is 4.41. The van der Waals surface area contributed by atoms with Crippen molar-refractivity contribution in [1.82, 2.24) is 0 Å². The summed E-state index contributed by atoms with van der Waals surface area (Å²) in [6, 6.07) is 13.7. The van der Waals surface area contributed by atoms with Crippen LogP contribution in [0.5, 0.6) is 0 Å². The third-order valence-corrected chi connectivity index (χ3v) is 3.42. The molecule has 0 aliphatic carbocycles. The number of para-hydroxylation sites is 1. The molecule has 0 unspecified atom stereocenters. The fraction of sp³-hybridized carbons (Fsp3) is 0.235. The minimum atomic E-state index is -0.392. The normalized spacial score (nSPS) is 10.3. The van der Waals surface area contributed by atoms with Crippen LogP contribution in [0, 0.1) is 6.92 Å². The molecule has 0 heterocycles. The van der Waals surface area contributed by atoms with E-state index in [9.17, 15) is 4.79 Å². The summed E-state index contributed by atoms with van der Waals surface area (Å²) in [4.78, 5) is 11.2. The summed E-state index contributed by atoms with van der Waals surface area (Å²) in [6.45, 7) is 4.92. The van der Waals surface area contributed by atoms with Crippen molar-refractivity contribution in [2.24, 2.45) is 5.73 Å². The fourth-order valence-electron chi connectivity index (χ4n) is 2.30. The van der Waals surface area contributed by atoms with Crippen LogP contribution < -0.4 is 11.1 Å². The van der Waals surface area contributed by atoms with E-state index in [1.807, 2.05) is 18.2 Å². The van der Waals surface area contributed by atoms with Crippen molar-refractivity contribution in [3.05, 3.63) is 64.7 Å². The molecule has 2 aromatic carbocycles. The van der Waals surface area contributed by atoms with Crippen LogP contribution >= 0.6 is 0 Å². The standard InChI is InChI=1S/C17H20N2O/c1-3-14-8-4-6-12(2)16(14)19-11-13-7-5-9-15(10-13)17(18)20/h4-10,19H,3,11H2,1-2H3,(H2,18,20). The first-order chi connectivity index (χ1) is 9.61. The Morgan fingerprint density at radius 3 is 2.65 bits per heavy atom. The maximum atomic E-state index is 11.2. The highest BCUT2D eigenvalue weighted by molar-refractivity contribution is 5.92. The topological polar surface area (TPSA) is 55.1 Å². The summed E-state index contributed by atoms with van der Waals surface area (Å²) in [7, 11) is 0. The average Bonchev–Trinajstić information content (AvgIpc) is 2.46. The van der Waals surface area contributed by atoms with E-state index in [0.717, 1.165) is 12.0 Å². The maximum absolute atomic E-state index is 11.2. The number of nitrogens with two attached hydrogens (primary N) is 1. The van der Waals surface area contributed by atoms with Crippen LogP contribution in [0.4, 0.5) is 5.69 Å². The second-order valence-electron chi connectivity index (χ2n) is 4.88. The summed E-state index contributed by atoms with van der Waals surface area (Å²) in [5.74, 6) is -0.392. The van der Waals surface area contributed by atoms with E-state index in [4.69, 9.17) is 5.73 Å². The van der Waals surface area contributed by atoms with Crippen LogP contribution in [0.3, 0.4) is 0 Å². The molecule has 3 nitrogen and oxygen atoms in total. The van der Waals surface area contributed by atoms with Gasteiger partial charge in [0.05, 0.1) is 0 Å². The third-order valence-electron chi connectivity index (χ3n) is 3.42. The summed E-state index contributed by atoms with van der Waals surface area (Å²) in [5.41, 5.74) is 10.6. The molecule has 0 bridgehead atoms. The van der Waals surface area contributed by atoms with Gasteiger partial charge in [0.2, 0.25) is 5.91 Å². The molecule has 3 N–H and O–H groups in total. The van der Waals surface area contributed by atoms with Gasteiger partial charge >= 0.3 is 0 Å². The number of nitrogens with one attached hydrogen (secondary N) is 1. The van der Waals surface area contributed by atoms with Gasteiger partial charge in [0.1, 0.15) is 0 Å². The molecule has 0 saturated heterocycles. The minimum Gasteiger partial charge on any atom is -0.381 e. The number of anilines is 1. The SMILES string of the molecule is CCc1cccc(C)c1NCc1cccc(C(N)=O)c1. The molecule has 0 atom stereocenters. The number of carbonyl (C=O) groups is 1. The lowest BCUT2D eigenvalue weighted by Crippen LogP contribution is -2.11. The van der Waals surface area contributed by atoms with Gasteiger partial charge in [-0.3, -0.25) is 4.79 Å². The molecule has 0 radical (unpaired) electrons. The van der Waals surface area contributed by atoms with Gasteiger partial charge in [0.25, 0.3) is 0 Å². The Balaban J connectivity index is 2.17. The third kappa shape index (κ3) is 3.18. The number of rotatable bonds is 5. The second kappa shape index (κ2) is 6.24. The zero-order chi connectivity index (χ0) is 14.5. The van der Waals surface area contributed by atoms with Gasteiger partial charge in [0.15, 0.2) is 0 Å². The number of amides is 1. The molecule has 3 heteroatoms. The monoisotopic (exact) mass is 268 g/mol. The number of primary amides is 1. The van der Waals surface area contributed by atoms with E-state index in [1.54, 1.807) is 6.07 Å². The van der Waals surface area contributed by atoms with Crippen LogP contribution in [0.15, 0.2) is 42.5 Å². The van der Waals surface area contributed by atoms with Crippen LogP contribution in [0.25, 0.3) is 0 Å². The highest BCUT2D eigenvalue weighted by atomic mass is 16.1. The molecule has 0 aliphatic rings. The van der Waals surface area contributed by atoms with E-state index in [1.165, 1.54) is 16.8 Å². The van der Waals surface area contributed by atoms with Crippen molar-refractivity contribution in [3.8, 4) is 0 Å². The smallest absolute Gasteiger partial charge is 0.248 e. The lowest BCUT2D eigenvalue weighted by atomic mass is 10.1. The zero-order valence-corrected chi connectivity index (χ0v) is 11.9. The molecule has 0 fully saturated rings. The van der Waals surface area contributed by atoms with Gasteiger partial charge in [-0.1, -0.05) is 37.3 Å². The quantitative estimate of drug-likeness (QED) is 0.874. The fourth-order valence-corrected chi connectivity index (χ4v) is 2.30. The Bertz CT molecular complexity index is 620. The van der Waals surface area contributed by atoms with E-state index in [2.05, 4.69) is 37.4 Å². The number of benzene rings is 2. The van der Waals surface area contributed by atoms with Crippen molar-refractivity contribution in [3.63, 3.8) is 0 Å². The minimum absolute atomic E-state index is 0.392. The van der Waals surface area contributed by atoms with Gasteiger partial charge in [-0.05, 0) is 42.2 Å². The van der Waals surface area contributed by atoms with Gasteiger partial charge < -0.3 is 11.1 Å². The summed E-state index contributed by atoms with van der Waals surface area (Å²) in [6.07, 6.45) is 0.991. The maximum Gasteiger partial charge on any atom is 0.248 e. The Morgan fingerprint density at radius 1 is 1.20 bits per heavy atom. The first-order valence-electron chi connectivity index (χ1n) is 6.83. The van der Waals surface area contributed by atoms with Crippen molar-refractivity contribution in [2.75, 3.05) is 5.32 Å². The summed E-state index contributed by atoms with van der Waals surface area (Å²) < 4.78 is 0. The van der Waals surface area contributed by atoms with Gasteiger partial charge in [-0.25, -0.2) is 0 Å². The van der Waals surface area contributed by atoms with Crippen LogP contribution in [-0.2, 0) is 13.0 Å². The molecular weight excluding hydrogens is 248 g/mol. The van der Waals surface area contributed by atoms with E-state index < -0.39 is 5.91 Å². The molecule has 2 rings (SSSR count). The average molecular weight is 268 g/mol. The molecule has 20 heavy (non-hydrogen) atoms. The van der Waals surface area contributed by atoms with E-state index in [0.29, 0.717) is 12.1 Å². The number of hydrogen-bond acceptors (Lipinski definition) is 2. The van der Waals surface area contributed by atoms with Gasteiger partial charge in [-0.2, -0.15) is 0 Å². The molecule has 0 saturated carbocycles. The summed E-state index contributed by atoms with van der Waals surface area (Å²) in [5, 5.41) is 3.46. The number of aryl methyl sites for hydroxylation is 2. The number of hydrogen-bond donors (Lipinski definition) is 2. The van der Waals surface area contributed by atoms with Crippen molar-refractivity contribution in [2.45, 2.75) is 26.8 Å². The molecular formula is C17H20N2O. The molecule has 0 aliphatic heterocycles. The predicted octanol–water partition coefficient (Wildman–Crippen LogP) is 3.27. The lowest BCUT2D eigenvalue weighted by Gasteiger charge is -2.14. The molecule has 104 valence electrons. The van der Waals surface area contributed by atoms with Crippen LogP contribution in [0.2, 0.25) is 0 Å². The summed E-state index contributed by atoms with van der Waals surface area (Å²) >= 11 is 0. The van der Waals surface area contributed by atoms with E-state index >= 15 is 0 Å². The highest BCUT2D eigenvalue weighted by Gasteiger charge is 2.05. The van der Waals surface area contributed by atoms with Crippen molar-refractivity contribution < 1.29 is 4.79 Å². The van der Waals surface area contributed by atoms with Gasteiger partial charge in [0, 0.05) is 17.8 Å². The number of carbonyl (C=O) groups excluding carboxylic acids is 1.